The fraction of sp³-hybridized carbons (Fsp3) is 0.556. The third-order valence-electron chi connectivity index (χ3n) is 2.28. The van der Waals surface area contributed by atoms with Gasteiger partial charge in [-0.05, 0) is 6.07 Å². The van der Waals surface area contributed by atoms with E-state index in [1.807, 2.05) is 6.07 Å². The van der Waals surface area contributed by atoms with E-state index in [-0.39, 0.29) is 0 Å². The second-order valence-corrected chi connectivity index (χ2v) is 3.41. The Hall–Kier alpha value is -1.00. The molecule has 70 valence electrons. The van der Waals surface area contributed by atoms with E-state index in [1.165, 1.54) is 0 Å². The molecule has 2 rings (SSSR count). The van der Waals surface area contributed by atoms with Crippen LogP contribution in [0.4, 0.5) is 0 Å². The number of nitrogens with zero attached hydrogens (tertiary/aromatic N) is 3. The summed E-state index contributed by atoms with van der Waals surface area (Å²) in [5.41, 5.74) is 0. The van der Waals surface area contributed by atoms with Gasteiger partial charge in [0.05, 0.1) is 6.54 Å². The summed E-state index contributed by atoms with van der Waals surface area (Å²) in [6.07, 6.45) is 3.51. The molecule has 1 fully saturated rings. The second-order valence-electron chi connectivity index (χ2n) is 3.41. The molecule has 0 saturated carbocycles. The number of aromatic nitrogens is 2. The largest absolute Gasteiger partial charge is 0.396 e. The van der Waals surface area contributed by atoms with Crippen molar-refractivity contribution in [3.8, 4) is 0 Å². The van der Waals surface area contributed by atoms with Gasteiger partial charge in [-0.2, -0.15) is 0 Å². The lowest BCUT2D eigenvalue weighted by Gasteiger charge is -2.37. The highest BCUT2D eigenvalue weighted by Crippen LogP contribution is 2.15. The molecule has 0 radical (unpaired) electrons. The Balaban J connectivity index is 1.81. The van der Waals surface area contributed by atoms with Gasteiger partial charge in [0.1, 0.15) is 5.82 Å². The Bertz CT molecular complexity index is 259. The molecular formula is C9H13N3O. The third-order valence-corrected chi connectivity index (χ3v) is 2.28. The van der Waals surface area contributed by atoms with Crippen molar-refractivity contribution < 1.29 is 5.11 Å². The van der Waals surface area contributed by atoms with Crippen LogP contribution in [-0.2, 0) is 6.54 Å². The van der Waals surface area contributed by atoms with Crippen LogP contribution in [0.25, 0.3) is 0 Å². The van der Waals surface area contributed by atoms with Gasteiger partial charge in [-0.1, -0.05) is 0 Å². The summed E-state index contributed by atoms with van der Waals surface area (Å²) in [7, 11) is 0. The highest BCUT2D eigenvalue weighted by Gasteiger charge is 2.25. The Morgan fingerprint density at radius 2 is 2.08 bits per heavy atom. The van der Waals surface area contributed by atoms with Crippen molar-refractivity contribution >= 4 is 0 Å². The van der Waals surface area contributed by atoms with E-state index in [1.54, 1.807) is 12.4 Å². The first-order valence-electron chi connectivity index (χ1n) is 4.47. The molecule has 0 spiro atoms. The summed E-state index contributed by atoms with van der Waals surface area (Å²) in [5, 5.41) is 8.81. The van der Waals surface area contributed by atoms with Gasteiger partial charge in [-0.25, -0.2) is 9.97 Å². The van der Waals surface area contributed by atoms with E-state index >= 15 is 0 Å². The molecule has 4 nitrogen and oxygen atoms in total. The Kier molecular flexibility index (Phi) is 2.52. The molecule has 0 amide bonds. The topological polar surface area (TPSA) is 49.2 Å². The Morgan fingerprint density at radius 1 is 1.38 bits per heavy atom. The van der Waals surface area contributed by atoms with Gasteiger partial charge >= 0.3 is 0 Å². The number of rotatable bonds is 3. The SMILES string of the molecule is OCC1CN(Cc2ncccn2)C1. The number of aliphatic hydroxyl groups excluding tert-OH is 1. The maximum Gasteiger partial charge on any atom is 0.142 e. The minimum atomic E-state index is 0.298. The van der Waals surface area contributed by atoms with Crippen molar-refractivity contribution in [1.29, 1.82) is 0 Å². The molecule has 1 aliphatic rings. The van der Waals surface area contributed by atoms with Crippen molar-refractivity contribution in [2.45, 2.75) is 6.54 Å². The molecule has 1 N–H and O–H groups in total. The zero-order valence-electron chi connectivity index (χ0n) is 7.43. The molecule has 1 aromatic heterocycles. The zero-order chi connectivity index (χ0) is 9.10. The zero-order valence-corrected chi connectivity index (χ0v) is 7.43. The third kappa shape index (κ3) is 2.02. The molecular weight excluding hydrogens is 166 g/mol. The van der Waals surface area contributed by atoms with E-state index < -0.39 is 0 Å². The van der Waals surface area contributed by atoms with E-state index in [2.05, 4.69) is 14.9 Å². The minimum Gasteiger partial charge on any atom is -0.396 e. The van der Waals surface area contributed by atoms with Crippen LogP contribution < -0.4 is 0 Å². The molecule has 1 aliphatic heterocycles. The number of hydrogen-bond donors (Lipinski definition) is 1. The van der Waals surface area contributed by atoms with Crippen LogP contribution >= 0.6 is 0 Å². The summed E-state index contributed by atoms with van der Waals surface area (Å²) >= 11 is 0. The van der Waals surface area contributed by atoms with Crippen molar-refractivity contribution in [2.75, 3.05) is 19.7 Å². The molecule has 2 heterocycles. The highest BCUT2D eigenvalue weighted by atomic mass is 16.3. The first kappa shape index (κ1) is 8.59. The van der Waals surface area contributed by atoms with Gasteiger partial charge in [0.25, 0.3) is 0 Å². The van der Waals surface area contributed by atoms with Gasteiger partial charge in [-0.15, -0.1) is 0 Å². The van der Waals surface area contributed by atoms with Crippen molar-refractivity contribution in [3.63, 3.8) is 0 Å². The maximum atomic E-state index is 8.81. The lowest BCUT2D eigenvalue weighted by molar-refractivity contribution is 0.0459. The Morgan fingerprint density at radius 3 is 2.69 bits per heavy atom. The quantitative estimate of drug-likeness (QED) is 0.704. The van der Waals surface area contributed by atoms with Crippen molar-refractivity contribution in [1.82, 2.24) is 14.9 Å². The molecule has 1 saturated heterocycles. The molecule has 0 aliphatic carbocycles. The van der Waals surface area contributed by atoms with Crippen molar-refractivity contribution in [3.05, 3.63) is 24.3 Å². The number of aliphatic hydroxyl groups is 1. The normalized spacial score (nSPS) is 18.5. The van der Waals surface area contributed by atoms with Crippen LogP contribution in [-0.4, -0.2) is 39.7 Å². The molecule has 0 bridgehead atoms. The standard InChI is InChI=1S/C9H13N3O/c13-7-8-4-12(5-8)6-9-10-2-1-3-11-9/h1-3,8,13H,4-7H2. The fourth-order valence-electron chi connectivity index (χ4n) is 1.53. The van der Waals surface area contributed by atoms with Gasteiger partial charge < -0.3 is 5.11 Å². The van der Waals surface area contributed by atoms with Gasteiger partial charge in [0.15, 0.2) is 0 Å². The van der Waals surface area contributed by atoms with E-state index in [9.17, 15) is 0 Å². The van der Waals surface area contributed by atoms with Gasteiger partial charge in [-0.3, -0.25) is 4.90 Å². The molecule has 0 unspecified atom stereocenters. The monoisotopic (exact) mass is 179 g/mol. The van der Waals surface area contributed by atoms with E-state index in [0.717, 1.165) is 25.5 Å². The van der Waals surface area contributed by atoms with E-state index in [0.29, 0.717) is 12.5 Å². The first-order chi connectivity index (χ1) is 6.38. The average Bonchev–Trinajstić information content (AvgIpc) is 2.12. The summed E-state index contributed by atoms with van der Waals surface area (Å²) in [6.45, 7) is 3.03. The van der Waals surface area contributed by atoms with Crippen LogP contribution in [0.15, 0.2) is 18.5 Å². The maximum absolute atomic E-state index is 8.81. The van der Waals surface area contributed by atoms with Crippen LogP contribution in [0.5, 0.6) is 0 Å². The van der Waals surface area contributed by atoms with Crippen LogP contribution in [0.1, 0.15) is 5.82 Å². The minimum absolute atomic E-state index is 0.298. The smallest absolute Gasteiger partial charge is 0.142 e. The summed E-state index contributed by atoms with van der Waals surface area (Å²) in [4.78, 5) is 10.5. The second kappa shape index (κ2) is 3.81. The summed E-state index contributed by atoms with van der Waals surface area (Å²) in [5.74, 6) is 1.32. The molecule has 13 heavy (non-hydrogen) atoms. The summed E-state index contributed by atoms with van der Waals surface area (Å²) in [6, 6.07) is 1.82. The lowest BCUT2D eigenvalue weighted by Crippen LogP contribution is -2.47. The fourth-order valence-corrected chi connectivity index (χ4v) is 1.53. The average molecular weight is 179 g/mol. The lowest BCUT2D eigenvalue weighted by atomic mass is 10.0. The number of likely N-dealkylation sites (tertiary alicyclic amines) is 1. The number of hydrogen-bond acceptors (Lipinski definition) is 4. The van der Waals surface area contributed by atoms with Crippen molar-refractivity contribution in [2.24, 2.45) is 5.92 Å². The van der Waals surface area contributed by atoms with Crippen LogP contribution in [0.3, 0.4) is 0 Å². The van der Waals surface area contributed by atoms with E-state index in [4.69, 9.17) is 5.11 Å². The predicted molar refractivity (Wildman–Crippen MR) is 47.9 cm³/mol. The molecule has 0 atom stereocenters. The van der Waals surface area contributed by atoms with Crippen LogP contribution in [0.2, 0.25) is 0 Å². The molecule has 0 aromatic carbocycles. The summed E-state index contributed by atoms with van der Waals surface area (Å²) < 4.78 is 0. The van der Waals surface area contributed by atoms with Gasteiger partial charge in [0.2, 0.25) is 0 Å². The predicted octanol–water partition coefficient (Wildman–Crippen LogP) is -0.0993. The first-order valence-corrected chi connectivity index (χ1v) is 4.47. The molecule has 4 heteroatoms. The highest BCUT2D eigenvalue weighted by molar-refractivity contribution is 4.91. The Labute approximate surface area is 77.2 Å². The van der Waals surface area contributed by atoms with Crippen LogP contribution in [0, 0.1) is 5.92 Å². The van der Waals surface area contributed by atoms with Gasteiger partial charge in [0, 0.05) is 38.0 Å². The molecule has 1 aromatic rings.